The van der Waals surface area contributed by atoms with Gasteiger partial charge >= 0.3 is 0 Å². The van der Waals surface area contributed by atoms with Crippen LogP contribution < -0.4 is 9.80 Å². The molecule has 0 saturated carbocycles. The number of rotatable bonds is 2. The van der Waals surface area contributed by atoms with Gasteiger partial charge in [-0.3, -0.25) is 0 Å². The van der Waals surface area contributed by atoms with E-state index in [-0.39, 0.29) is 0 Å². The maximum atomic E-state index is 4.91. The van der Waals surface area contributed by atoms with Crippen LogP contribution in [0.15, 0.2) is 54.6 Å². The van der Waals surface area contributed by atoms with Gasteiger partial charge in [0.1, 0.15) is 0 Å². The minimum Gasteiger partial charge on any atom is -0.371 e. The fourth-order valence-electron chi connectivity index (χ4n) is 4.39. The highest BCUT2D eigenvalue weighted by Crippen LogP contribution is 2.36. The normalized spacial score (nSPS) is 22.6. The summed E-state index contributed by atoms with van der Waals surface area (Å²) in [4.78, 5) is 14.7. The van der Waals surface area contributed by atoms with Crippen molar-refractivity contribution < 1.29 is 0 Å². The van der Waals surface area contributed by atoms with Gasteiger partial charge in [0, 0.05) is 43.7 Å². The average Bonchev–Trinajstić information content (AvgIpc) is 3.21. The van der Waals surface area contributed by atoms with E-state index in [1.54, 1.807) is 0 Å². The Balaban J connectivity index is 1.37. The lowest BCUT2D eigenvalue weighted by atomic mass is 10.0. The third kappa shape index (κ3) is 2.53. The Morgan fingerprint density at radius 3 is 1.96 bits per heavy atom. The second kappa shape index (κ2) is 5.73. The number of aromatic nitrogens is 2. The maximum absolute atomic E-state index is 4.91. The van der Waals surface area contributed by atoms with Crippen LogP contribution in [0, 0.1) is 18.8 Å². The van der Waals surface area contributed by atoms with E-state index in [2.05, 4.69) is 53.1 Å². The highest BCUT2D eigenvalue weighted by atomic mass is 15.3. The quantitative estimate of drug-likeness (QED) is 0.720. The Hall–Kier alpha value is -2.62. The van der Waals surface area contributed by atoms with Crippen molar-refractivity contribution in [3.05, 3.63) is 60.3 Å². The Kier molecular flexibility index (Phi) is 3.37. The molecule has 0 N–H and O–H groups in total. The second-order valence-corrected chi connectivity index (χ2v) is 7.29. The number of anilines is 2. The number of hydrogen-bond donors (Lipinski definition) is 0. The molecule has 2 aliphatic heterocycles. The van der Waals surface area contributed by atoms with Crippen molar-refractivity contribution in [2.24, 2.45) is 11.8 Å². The van der Waals surface area contributed by atoms with Crippen molar-refractivity contribution in [2.45, 2.75) is 6.92 Å². The van der Waals surface area contributed by atoms with Gasteiger partial charge in [0.25, 0.3) is 0 Å². The van der Waals surface area contributed by atoms with Crippen molar-refractivity contribution in [3.63, 3.8) is 0 Å². The summed E-state index contributed by atoms with van der Waals surface area (Å²) < 4.78 is 0. The molecule has 4 heteroatoms. The molecule has 0 spiro atoms. The van der Waals surface area contributed by atoms with Gasteiger partial charge in [-0.25, -0.2) is 9.97 Å². The van der Waals surface area contributed by atoms with Crippen LogP contribution in [0.25, 0.3) is 11.0 Å². The van der Waals surface area contributed by atoms with E-state index in [0.717, 1.165) is 48.7 Å². The van der Waals surface area contributed by atoms with Crippen LogP contribution >= 0.6 is 0 Å². The largest absolute Gasteiger partial charge is 0.371 e. The van der Waals surface area contributed by atoms with Gasteiger partial charge in [0.05, 0.1) is 16.7 Å². The topological polar surface area (TPSA) is 32.3 Å². The second-order valence-electron chi connectivity index (χ2n) is 7.29. The molecule has 2 saturated heterocycles. The van der Waals surface area contributed by atoms with Crippen LogP contribution in [-0.2, 0) is 0 Å². The molecule has 2 aliphatic rings. The molecule has 2 fully saturated rings. The van der Waals surface area contributed by atoms with Crippen molar-refractivity contribution in [3.8, 4) is 0 Å². The van der Waals surface area contributed by atoms with E-state index in [9.17, 15) is 0 Å². The minimum absolute atomic E-state index is 0.716. The molecule has 25 heavy (non-hydrogen) atoms. The number of fused-ring (bicyclic) bond motifs is 2. The van der Waals surface area contributed by atoms with Crippen LogP contribution in [0.3, 0.4) is 0 Å². The van der Waals surface area contributed by atoms with Gasteiger partial charge in [0.2, 0.25) is 0 Å². The Morgan fingerprint density at radius 1 is 0.720 bits per heavy atom. The third-order valence-corrected chi connectivity index (χ3v) is 5.63. The summed E-state index contributed by atoms with van der Waals surface area (Å²) in [5, 5.41) is 0. The zero-order chi connectivity index (χ0) is 16.8. The molecule has 1 aromatic heterocycles. The van der Waals surface area contributed by atoms with Gasteiger partial charge in [-0.1, -0.05) is 30.3 Å². The molecule has 2 atom stereocenters. The molecule has 0 radical (unpaired) electrons. The summed E-state index contributed by atoms with van der Waals surface area (Å²) in [6.45, 7) is 6.54. The van der Waals surface area contributed by atoms with Crippen LogP contribution in [0.1, 0.15) is 5.69 Å². The number of hydrogen-bond acceptors (Lipinski definition) is 4. The molecule has 3 heterocycles. The predicted octanol–water partition coefficient (Wildman–Crippen LogP) is 3.51. The number of benzene rings is 2. The lowest BCUT2D eigenvalue weighted by molar-refractivity contribution is 0.533. The fourth-order valence-corrected chi connectivity index (χ4v) is 4.39. The first-order valence-corrected chi connectivity index (χ1v) is 9.06. The number of nitrogens with zero attached hydrogens (tertiary/aromatic N) is 4. The van der Waals surface area contributed by atoms with E-state index in [1.165, 1.54) is 5.69 Å². The van der Waals surface area contributed by atoms with Gasteiger partial charge in [0.15, 0.2) is 5.82 Å². The smallest absolute Gasteiger partial charge is 0.150 e. The van der Waals surface area contributed by atoms with Crippen molar-refractivity contribution >= 4 is 22.5 Å². The van der Waals surface area contributed by atoms with Crippen LogP contribution in [-0.4, -0.2) is 36.1 Å². The molecule has 0 aliphatic carbocycles. The number of aryl methyl sites for hydroxylation is 1. The Bertz CT molecular complexity index is 894. The van der Waals surface area contributed by atoms with Crippen molar-refractivity contribution in [1.29, 1.82) is 0 Å². The van der Waals surface area contributed by atoms with Crippen molar-refractivity contribution in [1.82, 2.24) is 9.97 Å². The zero-order valence-electron chi connectivity index (χ0n) is 14.5. The summed E-state index contributed by atoms with van der Waals surface area (Å²) in [7, 11) is 0. The van der Waals surface area contributed by atoms with Crippen molar-refractivity contribution in [2.75, 3.05) is 36.0 Å². The first-order chi connectivity index (χ1) is 12.3. The van der Waals surface area contributed by atoms with E-state index in [1.807, 2.05) is 18.2 Å². The first kappa shape index (κ1) is 14.7. The summed E-state index contributed by atoms with van der Waals surface area (Å²) in [5.74, 6) is 2.50. The molecule has 5 rings (SSSR count). The molecule has 126 valence electrons. The van der Waals surface area contributed by atoms with Crippen LogP contribution in [0.4, 0.5) is 11.5 Å². The first-order valence-electron chi connectivity index (χ1n) is 9.06. The van der Waals surface area contributed by atoms with Gasteiger partial charge in [-0.05, 0) is 31.2 Å². The summed E-state index contributed by atoms with van der Waals surface area (Å²) in [6, 6.07) is 18.9. The summed E-state index contributed by atoms with van der Waals surface area (Å²) in [6.07, 6.45) is 0. The van der Waals surface area contributed by atoms with Gasteiger partial charge < -0.3 is 9.80 Å². The molecule has 0 bridgehead atoms. The molecule has 2 aromatic carbocycles. The SMILES string of the molecule is Cc1nc2ccccc2nc1N1CC2CN(c3ccccc3)CC2C1. The minimum atomic E-state index is 0.716. The standard InChI is InChI=1S/C21H22N4/c1-15-21(23-20-10-6-5-9-19(20)22-15)25-13-16-11-24(12-17(16)14-25)18-7-3-2-4-8-18/h2-10,16-17H,11-14H2,1H3. The molecule has 2 unspecified atom stereocenters. The van der Waals surface area contributed by atoms with E-state index in [4.69, 9.17) is 9.97 Å². The van der Waals surface area contributed by atoms with E-state index >= 15 is 0 Å². The van der Waals surface area contributed by atoms with Gasteiger partial charge in [-0.15, -0.1) is 0 Å². The summed E-state index contributed by atoms with van der Waals surface area (Å²) >= 11 is 0. The Morgan fingerprint density at radius 2 is 1.28 bits per heavy atom. The molecule has 3 aromatic rings. The predicted molar refractivity (Wildman–Crippen MR) is 102 cm³/mol. The highest BCUT2D eigenvalue weighted by molar-refractivity contribution is 5.76. The fraction of sp³-hybridized carbons (Fsp3) is 0.333. The highest BCUT2D eigenvalue weighted by Gasteiger charge is 2.40. The summed E-state index contributed by atoms with van der Waals surface area (Å²) in [5.41, 5.74) is 4.37. The monoisotopic (exact) mass is 330 g/mol. The van der Waals surface area contributed by atoms with Gasteiger partial charge in [-0.2, -0.15) is 0 Å². The molecular formula is C21H22N4. The van der Waals surface area contributed by atoms with E-state index < -0.39 is 0 Å². The maximum Gasteiger partial charge on any atom is 0.150 e. The molecule has 0 amide bonds. The van der Waals surface area contributed by atoms with E-state index in [0.29, 0.717) is 11.8 Å². The average molecular weight is 330 g/mol. The lowest BCUT2D eigenvalue weighted by Gasteiger charge is -2.24. The lowest BCUT2D eigenvalue weighted by Crippen LogP contribution is -2.29. The Labute approximate surface area is 148 Å². The molecular weight excluding hydrogens is 308 g/mol. The van der Waals surface area contributed by atoms with Crippen LogP contribution in [0.2, 0.25) is 0 Å². The third-order valence-electron chi connectivity index (χ3n) is 5.63. The molecule has 4 nitrogen and oxygen atoms in total. The number of para-hydroxylation sites is 3. The zero-order valence-corrected chi connectivity index (χ0v) is 14.5. The van der Waals surface area contributed by atoms with Crippen LogP contribution in [0.5, 0.6) is 0 Å².